The van der Waals surface area contributed by atoms with E-state index >= 15 is 0 Å². The third kappa shape index (κ3) is 11.1. The number of rotatable bonds is 18. The summed E-state index contributed by atoms with van der Waals surface area (Å²) in [6, 6.07) is 20.5. The van der Waals surface area contributed by atoms with Gasteiger partial charge in [-0.1, -0.05) is 77.6 Å². The van der Waals surface area contributed by atoms with E-state index in [9.17, 15) is 10.5 Å². The summed E-state index contributed by atoms with van der Waals surface area (Å²) in [6.07, 6.45) is 12.6. The summed E-state index contributed by atoms with van der Waals surface area (Å²) >= 11 is 0. The minimum Gasteiger partial charge on any atom is -0.372 e. The number of allylic oxidation sites excluding steroid dienone is 2. The van der Waals surface area contributed by atoms with Crippen molar-refractivity contribution in [2.75, 3.05) is 36.0 Å². The molecule has 0 spiro atoms. The van der Waals surface area contributed by atoms with Crippen LogP contribution in [-0.2, 0) is 0 Å². The lowest BCUT2D eigenvalue weighted by Crippen LogP contribution is -2.25. The molecule has 6 heteroatoms. The van der Waals surface area contributed by atoms with Crippen LogP contribution >= 0.6 is 0 Å². The number of nitrogens with zero attached hydrogens (tertiary/aromatic N) is 6. The summed E-state index contributed by atoms with van der Waals surface area (Å²) in [4.78, 5) is 13.5. The van der Waals surface area contributed by atoms with Crippen molar-refractivity contribution in [2.45, 2.75) is 79.1 Å². The van der Waals surface area contributed by atoms with Crippen LogP contribution in [0.1, 0.15) is 90.2 Å². The van der Waals surface area contributed by atoms with Gasteiger partial charge in [0.2, 0.25) is 0 Å². The molecule has 40 heavy (non-hydrogen) atoms. The molecular weight excluding hydrogens is 492 g/mol. The summed E-state index contributed by atoms with van der Waals surface area (Å²) in [5.74, 6) is 0. The van der Waals surface area contributed by atoms with Crippen LogP contribution in [0.15, 0.2) is 69.9 Å². The Morgan fingerprint density at radius 2 is 0.875 bits per heavy atom. The highest BCUT2D eigenvalue weighted by molar-refractivity contribution is 5.83. The van der Waals surface area contributed by atoms with E-state index in [-0.39, 0.29) is 11.4 Å². The zero-order valence-corrected chi connectivity index (χ0v) is 24.9. The fourth-order valence-corrected chi connectivity index (χ4v) is 4.24. The minimum atomic E-state index is -0.00253. The SMILES string of the molecule is CCCCN(CCCC)c1ccc(C=NC(C#N)=C(C#N)N=Cc2ccc(N(CCCC)CCCC)cc2)cc1. The second-order valence-electron chi connectivity index (χ2n) is 10.0. The number of nitriles is 2. The molecule has 2 aromatic carbocycles. The number of anilines is 2. The van der Waals surface area contributed by atoms with Crippen molar-refractivity contribution in [3.63, 3.8) is 0 Å². The molecule has 0 radical (unpaired) electrons. The lowest BCUT2D eigenvalue weighted by atomic mass is 10.1. The normalized spacial score (nSPS) is 11.8. The molecule has 0 amide bonds. The predicted octanol–water partition coefficient (Wildman–Crippen LogP) is 8.30. The van der Waals surface area contributed by atoms with Gasteiger partial charge in [0.1, 0.15) is 12.1 Å². The summed E-state index contributed by atoms with van der Waals surface area (Å²) in [7, 11) is 0. The summed E-state index contributed by atoms with van der Waals surface area (Å²) < 4.78 is 0. The van der Waals surface area contributed by atoms with Gasteiger partial charge in [-0.3, -0.25) is 0 Å². The molecule has 0 aliphatic carbocycles. The Hall–Kier alpha value is -3.90. The van der Waals surface area contributed by atoms with Gasteiger partial charge in [0.25, 0.3) is 0 Å². The minimum absolute atomic E-state index is 0.00253. The highest BCUT2D eigenvalue weighted by atomic mass is 15.1. The highest BCUT2D eigenvalue weighted by Crippen LogP contribution is 2.18. The van der Waals surface area contributed by atoms with Crippen LogP contribution in [0.2, 0.25) is 0 Å². The third-order valence-corrected chi connectivity index (χ3v) is 6.76. The average molecular weight is 539 g/mol. The van der Waals surface area contributed by atoms with Crippen LogP contribution in [0, 0.1) is 22.7 Å². The number of hydrogen-bond donors (Lipinski definition) is 0. The first-order chi connectivity index (χ1) is 19.6. The first-order valence-electron chi connectivity index (χ1n) is 14.9. The lowest BCUT2D eigenvalue weighted by molar-refractivity contribution is 0.678. The second-order valence-corrected chi connectivity index (χ2v) is 10.0. The fraction of sp³-hybridized carbons (Fsp3) is 0.471. The Morgan fingerprint density at radius 3 is 1.12 bits per heavy atom. The molecular formula is C34H46N6. The van der Waals surface area contributed by atoms with Gasteiger partial charge in [-0.25, -0.2) is 9.98 Å². The Kier molecular flexibility index (Phi) is 15.5. The van der Waals surface area contributed by atoms with Gasteiger partial charge in [-0.2, -0.15) is 10.5 Å². The standard InChI is InChI=1S/C34H46N6/c1-5-9-21-39(22-10-6-2)31-17-13-29(14-18-31)27-37-33(25-35)34(26-36)38-28-30-15-19-32(20-16-30)40(23-11-7-3)24-12-8-4/h13-20,27-28H,5-12,21-24H2,1-4H3. The van der Waals surface area contributed by atoms with E-state index in [1.54, 1.807) is 12.4 Å². The second kappa shape index (κ2) is 19.2. The quantitative estimate of drug-likeness (QED) is 0.141. The van der Waals surface area contributed by atoms with Crippen molar-refractivity contribution >= 4 is 23.8 Å². The Morgan fingerprint density at radius 1 is 0.575 bits per heavy atom. The van der Waals surface area contributed by atoms with Gasteiger partial charge < -0.3 is 9.80 Å². The van der Waals surface area contributed by atoms with E-state index in [1.165, 1.54) is 62.7 Å². The van der Waals surface area contributed by atoms with Gasteiger partial charge in [0, 0.05) is 50.0 Å². The molecule has 0 atom stereocenters. The van der Waals surface area contributed by atoms with Gasteiger partial charge >= 0.3 is 0 Å². The van der Waals surface area contributed by atoms with Crippen LogP contribution < -0.4 is 9.80 Å². The zero-order valence-electron chi connectivity index (χ0n) is 24.9. The molecule has 2 rings (SSSR count). The van der Waals surface area contributed by atoms with Crippen molar-refractivity contribution in [2.24, 2.45) is 9.98 Å². The van der Waals surface area contributed by atoms with Crippen LogP contribution in [0.3, 0.4) is 0 Å². The highest BCUT2D eigenvalue weighted by Gasteiger charge is 2.08. The van der Waals surface area contributed by atoms with Crippen molar-refractivity contribution < 1.29 is 0 Å². The van der Waals surface area contributed by atoms with E-state index < -0.39 is 0 Å². The van der Waals surface area contributed by atoms with Crippen molar-refractivity contribution in [3.05, 3.63) is 71.1 Å². The summed E-state index contributed by atoms with van der Waals surface area (Å²) in [5.41, 5.74) is 4.13. The first kappa shape index (κ1) is 32.3. The average Bonchev–Trinajstić information content (AvgIpc) is 2.99. The molecule has 6 nitrogen and oxygen atoms in total. The fourth-order valence-electron chi connectivity index (χ4n) is 4.24. The molecule has 0 saturated heterocycles. The number of unbranched alkanes of at least 4 members (excludes halogenated alkanes) is 4. The Bertz CT molecular complexity index is 1050. The van der Waals surface area contributed by atoms with E-state index in [0.717, 1.165) is 37.3 Å². The van der Waals surface area contributed by atoms with Crippen molar-refractivity contribution in [1.82, 2.24) is 0 Å². The smallest absolute Gasteiger partial charge is 0.176 e. The van der Waals surface area contributed by atoms with Gasteiger partial charge in [-0.15, -0.1) is 0 Å². The molecule has 0 N–H and O–H groups in total. The lowest BCUT2D eigenvalue weighted by Gasteiger charge is -2.24. The maximum absolute atomic E-state index is 9.66. The molecule has 0 fully saturated rings. The zero-order chi connectivity index (χ0) is 29.0. The third-order valence-electron chi connectivity index (χ3n) is 6.76. The molecule has 0 aliphatic rings. The van der Waals surface area contributed by atoms with E-state index in [0.29, 0.717) is 0 Å². The molecule has 0 aliphatic heterocycles. The largest absolute Gasteiger partial charge is 0.372 e. The number of hydrogen-bond acceptors (Lipinski definition) is 6. The van der Waals surface area contributed by atoms with Crippen molar-refractivity contribution in [3.8, 4) is 12.1 Å². The van der Waals surface area contributed by atoms with E-state index in [1.807, 2.05) is 36.4 Å². The Balaban J connectivity index is 2.14. The summed E-state index contributed by atoms with van der Waals surface area (Å²) in [5, 5.41) is 19.3. The maximum atomic E-state index is 9.66. The molecule has 0 aromatic heterocycles. The first-order valence-corrected chi connectivity index (χ1v) is 14.9. The van der Waals surface area contributed by atoms with Gasteiger partial charge in [0.15, 0.2) is 11.4 Å². The molecule has 2 aromatic rings. The predicted molar refractivity (Wildman–Crippen MR) is 170 cm³/mol. The van der Waals surface area contributed by atoms with Crippen LogP contribution in [0.25, 0.3) is 0 Å². The number of aliphatic imine (C=N–C) groups is 2. The number of benzene rings is 2. The molecule has 212 valence electrons. The molecule has 0 heterocycles. The molecule has 0 unspecified atom stereocenters. The van der Waals surface area contributed by atoms with E-state index in [2.05, 4.69) is 71.7 Å². The van der Waals surface area contributed by atoms with Crippen LogP contribution in [0.5, 0.6) is 0 Å². The molecule has 0 bridgehead atoms. The maximum Gasteiger partial charge on any atom is 0.176 e. The van der Waals surface area contributed by atoms with Crippen molar-refractivity contribution in [1.29, 1.82) is 10.5 Å². The molecule has 0 saturated carbocycles. The monoisotopic (exact) mass is 538 g/mol. The van der Waals surface area contributed by atoms with Crippen LogP contribution in [0.4, 0.5) is 11.4 Å². The van der Waals surface area contributed by atoms with Gasteiger partial charge in [0.05, 0.1) is 0 Å². The van der Waals surface area contributed by atoms with Crippen LogP contribution in [-0.4, -0.2) is 38.6 Å². The van der Waals surface area contributed by atoms with E-state index in [4.69, 9.17) is 0 Å². The Labute approximate surface area is 242 Å². The summed E-state index contributed by atoms with van der Waals surface area (Å²) in [6.45, 7) is 13.0. The topological polar surface area (TPSA) is 78.8 Å². The van der Waals surface area contributed by atoms with Gasteiger partial charge in [-0.05, 0) is 61.1 Å².